The van der Waals surface area contributed by atoms with E-state index in [1.54, 1.807) is 13.0 Å². The Hall–Kier alpha value is -1.09. The fourth-order valence-corrected chi connectivity index (χ4v) is 2.92. The van der Waals surface area contributed by atoms with Gasteiger partial charge in [-0.1, -0.05) is 6.07 Å². The molecule has 17 heavy (non-hydrogen) atoms. The quantitative estimate of drug-likeness (QED) is 0.805. The second kappa shape index (κ2) is 3.70. The van der Waals surface area contributed by atoms with Gasteiger partial charge in [0.15, 0.2) is 0 Å². The number of fused-ring (bicyclic) bond motifs is 3. The van der Waals surface area contributed by atoms with Gasteiger partial charge in [0.25, 0.3) is 0 Å². The first-order valence-electron chi connectivity index (χ1n) is 5.80. The summed E-state index contributed by atoms with van der Waals surface area (Å²) in [6.07, 6.45) is 0.860. The number of carbonyl (C=O) groups excluding carboxylic acids is 1. The molecule has 0 saturated heterocycles. The molecule has 0 radical (unpaired) electrons. The van der Waals surface area contributed by atoms with Crippen LogP contribution in [0.3, 0.4) is 0 Å². The Morgan fingerprint density at radius 1 is 1.59 bits per heavy atom. The lowest BCUT2D eigenvalue weighted by atomic mass is 10.0. The largest absolute Gasteiger partial charge is 0.351 e. The number of carbonyl (C=O) groups is 1. The Morgan fingerprint density at radius 3 is 3.06 bits per heavy atom. The molecule has 0 spiro atoms. The SMILES string of the molecule is CC(Cl)C(=O)NC1C2Cc3cc(F)ccc3C21. The van der Waals surface area contributed by atoms with Crippen LogP contribution in [0.1, 0.15) is 24.0 Å². The second-order valence-electron chi connectivity index (χ2n) is 4.89. The molecule has 0 heterocycles. The molecule has 4 atom stereocenters. The van der Waals surface area contributed by atoms with Gasteiger partial charge in [0.05, 0.1) is 0 Å². The number of rotatable bonds is 2. The topological polar surface area (TPSA) is 29.1 Å². The summed E-state index contributed by atoms with van der Waals surface area (Å²) >= 11 is 5.72. The van der Waals surface area contributed by atoms with E-state index in [1.165, 1.54) is 11.6 Å². The number of benzene rings is 1. The smallest absolute Gasteiger partial charge is 0.238 e. The van der Waals surface area contributed by atoms with Crippen LogP contribution in [0.15, 0.2) is 18.2 Å². The van der Waals surface area contributed by atoms with Crippen molar-refractivity contribution in [3.8, 4) is 0 Å². The third kappa shape index (κ3) is 1.73. The lowest BCUT2D eigenvalue weighted by molar-refractivity contribution is -0.120. The molecule has 1 saturated carbocycles. The molecule has 1 fully saturated rings. The van der Waals surface area contributed by atoms with Crippen LogP contribution in [0, 0.1) is 11.7 Å². The predicted octanol–water partition coefficient (Wildman–Crippen LogP) is 2.21. The minimum atomic E-state index is -0.496. The third-order valence-corrected chi connectivity index (χ3v) is 3.96. The zero-order chi connectivity index (χ0) is 12.2. The molecule has 4 unspecified atom stereocenters. The molecule has 1 amide bonds. The minimum Gasteiger partial charge on any atom is -0.351 e. The van der Waals surface area contributed by atoms with Crippen molar-refractivity contribution >= 4 is 17.5 Å². The van der Waals surface area contributed by atoms with Crippen molar-refractivity contribution in [2.75, 3.05) is 0 Å². The second-order valence-corrected chi connectivity index (χ2v) is 5.54. The molecular formula is C13H13ClFNO. The van der Waals surface area contributed by atoms with Gasteiger partial charge in [-0.05, 0) is 42.5 Å². The normalized spacial score (nSPS) is 30.4. The molecule has 0 aliphatic heterocycles. The van der Waals surface area contributed by atoms with E-state index in [-0.39, 0.29) is 17.8 Å². The molecule has 2 aliphatic rings. The van der Waals surface area contributed by atoms with E-state index in [2.05, 4.69) is 5.32 Å². The highest BCUT2D eigenvalue weighted by molar-refractivity contribution is 6.30. The third-order valence-electron chi connectivity index (χ3n) is 3.76. The molecule has 1 aromatic carbocycles. The van der Waals surface area contributed by atoms with Crippen molar-refractivity contribution in [3.63, 3.8) is 0 Å². The highest BCUT2D eigenvalue weighted by atomic mass is 35.5. The van der Waals surface area contributed by atoms with Crippen molar-refractivity contribution in [1.29, 1.82) is 0 Å². The molecule has 2 aliphatic carbocycles. The van der Waals surface area contributed by atoms with Crippen LogP contribution in [0.5, 0.6) is 0 Å². The lowest BCUT2D eigenvalue weighted by Crippen LogP contribution is -2.33. The van der Waals surface area contributed by atoms with E-state index in [0.717, 1.165) is 12.0 Å². The first-order valence-corrected chi connectivity index (χ1v) is 6.24. The minimum absolute atomic E-state index is 0.116. The maximum Gasteiger partial charge on any atom is 0.238 e. The van der Waals surface area contributed by atoms with Crippen LogP contribution in [0.25, 0.3) is 0 Å². The number of nitrogens with one attached hydrogen (secondary N) is 1. The van der Waals surface area contributed by atoms with Crippen molar-refractivity contribution in [3.05, 3.63) is 35.1 Å². The van der Waals surface area contributed by atoms with Gasteiger partial charge in [0.1, 0.15) is 11.2 Å². The molecule has 4 heteroatoms. The Balaban J connectivity index is 1.74. The number of amides is 1. The van der Waals surface area contributed by atoms with Crippen molar-refractivity contribution < 1.29 is 9.18 Å². The first-order chi connectivity index (χ1) is 8.08. The molecular weight excluding hydrogens is 241 g/mol. The summed E-state index contributed by atoms with van der Waals surface area (Å²) in [5.41, 5.74) is 2.27. The van der Waals surface area contributed by atoms with Crippen molar-refractivity contribution in [2.24, 2.45) is 5.92 Å². The van der Waals surface area contributed by atoms with Gasteiger partial charge in [-0.15, -0.1) is 11.6 Å². The number of halogens is 2. The summed E-state index contributed by atoms with van der Waals surface area (Å²) in [6, 6.07) is 5.13. The number of hydrogen-bond acceptors (Lipinski definition) is 1. The Morgan fingerprint density at radius 2 is 2.35 bits per heavy atom. The van der Waals surface area contributed by atoms with Crippen LogP contribution >= 0.6 is 11.6 Å². The van der Waals surface area contributed by atoms with Crippen molar-refractivity contribution in [1.82, 2.24) is 5.32 Å². The van der Waals surface area contributed by atoms with Gasteiger partial charge >= 0.3 is 0 Å². The average molecular weight is 254 g/mol. The number of alkyl halides is 1. The van der Waals surface area contributed by atoms with E-state index >= 15 is 0 Å². The van der Waals surface area contributed by atoms with Crippen LogP contribution in [0.4, 0.5) is 4.39 Å². The summed E-state index contributed by atoms with van der Waals surface area (Å²) in [4.78, 5) is 11.5. The standard InChI is InChI=1S/C13H13ClFNO/c1-6(14)13(17)16-12-10-5-7-4-8(15)2-3-9(7)11(10)12/h2-4,6,10-12H,5H2,1H3,(H,16,17). The summed E-state index contributed by atoms with van der Waals surface area (Å²) in [5, 5.41) is 2.45. The first kappa shape index (κ1) is 11.0. The van der Waals surface area contributed by atoms with E-state index in [9.17, 15) is 9.18 Å². The van der Waals surface area contributed by atoms with Crippen LogP contribution in [0.2, 0.25) is 0 Å². The van der Waals surface area contributed by atoms with E-state index in [4.69, 9.17) is 11.6 Å². The summed E-state index contributed by atoms with van der Waals surface area (Å²) in [6.45, 7) is 1.67. The lowest BCUT2D eigenvalue weighted by Gasteiger charge is -2.10. The summed E-state index contributed by atoms with van der Waals surface area (Å²) < 4.78 is 13.0. The van der Waals surface area contributed by atoms with Crippen LogP contribution < -0.4 is 5.32 Å². The highest BCUT2D eigenvalue weighted by Crippen LogP contribution is 2.56. The van der Waals surface area contributed by atoms with Gasteiger partial charge in [-0.2, -0.15) is 0 Å². The summed E-state index contributed by atoms with van der Waals surface area (Å²) in [7, 11) is 0. The Labute approximate surface area is 104 Å². The van der Waals surface area contributed by atoms with Gasteiger partial charge in [-0.3, -0.25) is 4.79 Å². The summed E-state index contributed by atoms with van der Waals surface area (Å²) in [5.74, 6) is 0.505. The fraction of sp³-hybridized carbons (Fsp3) is 0.462. The van der Waals surface area contributed by atoms with Gasteiger partial charge < -0.3 is 5.32 Å². The zero-order valence-electron chi connectivity index (χ0n) is 9.41. The Bertz CT molecular complexity index is 488. The Kier molecular flexibility index (Phi) is 2.40. The molecule has 1 N–H and O–H groups in total. The number of hydrogen-bond donors (Lipinski definition) is 1. The molecule has 3 rings (SSSR count). The molecule has 2 nitrogen and oxygen atoms in total. The maximum absolute atomic E-state index is 13.0. The highest BCUT2D eigenvalue weighted by Gasteiger charge is 2.56. The molecule has 1 aromatic rings. The van der Waals surface area contributed by atoms with Crippen LogP contribution in [-0.2, 0) is 11.2 Å². The van der Waals surface area contributed by atoms with Crippen molar-refractivity contribution in [2.45, 2.75) is 30.7 Å². The van der Waals surface area contributed by atoms with Crippen LogP contribution in [-0.4, -0.2) is 17.3 Å². The zero-order valence-corrected chi connectivity index (χ0v) is 10.2. The maximum atomic E-state index is 13.0. The fourth-order valence-electron chi connectivity index (χ4n) is 2.86. The van der Waals surface area contributed by atoms with Gasteiger partial charge in [-0.25, -0.2) is 4.39 Å². The molecule has 90 valence electrons. The van der Waals surface area contributed by atoms with Gasteiger partial charge in [0.2, 0.25) is 5.91 Å². The van der Waals surface area contributed by atoms with E-state index in [0.29, 0.717) is 11.8 Å². The van der Waals surface area contributed by atoms with E-state index < -0.39 is 5.38 Å². The van der Waals surface area contributed by atoms with Gasteiger partial charge in [0, 0.05) is 12.0 Å². The predicted molar refractivity (Wildman–Crippen MR) is 63.6 cm³/mol. The monoisotopic (exact) mass is 253 g/mol. The molecule has 0 bridgehead atoms. The average Bonchev–Trinajstić information content (AvgIpc) is 2.79. The van der Waals surface area contributed by atoms with E-state index in [1.807, 2.05) is 6.07 Å². The molecule has 0 aromatic heterocycles.